The topological polar surface area (TPSA) is 29.1 Å². The summed E-state index contributed by atoms with van der Waals surface area (Å²) in [6.07, 6.45) is 0.791. The normalized spacial score (nSPS) is 13.3. The van der Waals surface area contributed by atoms with Crippen LogP contribution in [-0.2, 0) is 4.79 Å². The molecule has 0 spiro atoms. The van der Waals surface area contributed by atoms with Crippen LogP contribution in [0, 0.1) is 0 Å². The first-order chi connectivity index (χ1) is 11.1. The van der Waals surface area contributed by atoms with Gasteiger partial charge in [0.1, 0.15) is 0 Å². The highest BCUT2D eigenvalue weighted by Crippen LogP contribution is 2.27. The third kappa shape index (κ3) is 5.60. The number of carbonyl (C=O) groups is 1. The summed E-state index contributed by atoms with van der Waals surface area (Å²) in [7, 11) is 0. The van der Waals surface area contributed by atoms with Crippen LogP contribution in [0.5, 0.6) is 0 Å². The highest BCUT2D eigenvalue weighted by molar-refractivity contribution is 8.00. The molecule has 0 fully saturated rings. The minimum absolute atomic E-state index is 0.0841. The molecular formula is C19H22ClNOS. The van der Waals surface area contributed by atoms with Crippen molar-refractivity contribution in [3.05, 3.63) is 65.2 Å². The summed E-state index contributed by atoms with van der Waals surface area (Å²) >= 11 is 7.48. The molecule has 4 heteroatoms. The van der Waals surface area contributed by atoms with Gasteiger partial charge in [-0.05, 0) is 42.2 Å². The first kappa shape index (κ1) is 17.9. The Bertz CT molecular complexity index is 615. The van der Waals surface area contributed by atoms with Crippen molar-refractivity contribution in [1.82, 2.24) is 5.32 Å². The second-order valence-corrected chi connectivity index (χ2v) is 7.24. The molecule has 2 atom stereocenters. The van der Waals surface area contributed by atoms with Gasteiger partial charge in [-0.3, -0.25) is 4.79 Å². The molecule has 2 aromatic carbocycles. The number of hydrogen-bond acceptors (Lipinski definition) is 2. The number of halogens is 1. The molecule has 0 saturated carbocycles. The summed E-state index contributed by atoms with van der Waals surface area (Å²) in [5, 5.41) is 3.71. The zero-order valence-electron chi connectivity index (χ0n) is 13.5. The predicted octanol–water partition coefficient (Wildman–Crippen LogP) is 5.13. The second kappa shape index (κ2) is 8.99. The number of thioether (sulfide) groups is 1. The Hall–Kier alpha value is -1.45. The maximum atomic E-state index is 12.4. The molecule has 2 rings (SSSR count). The average Bonchev–Trinajstić information content (AvgIpc) is 2.59. The molecule has 2 nitrogen and oxygen atoms in total. The maximum absolute atomic E-state index is 12.4. The van der Waals surface area contributed by atoms with Gasteiger partial charge in [0.15, 0.2) is 0 Å². The molecule has 0 aliphatic carbocycles. The van der Waals surface area contributed by atoms with Crippen molar-refractivity contribution in [3.8, 4) is 0 Å². The number of rotatable bonds is 7. The van der Waals surface area contributed by atoms with E-state index < -0.39 is 0 Å². The molecule has 0 aliphatic heterocycles. The van der Waals surface area contributed by atoms with Gasteiger partial charge in [-0.25, -0.2) is 0 Å². The number of hydrogen-bond donors (Lipinski definition) is 1. The quantitative estimate of drug-likeness (QED) is 0.703. The minimum Gasteiger partial charge on any atom is -0.355 e. The summed E-state index contributed by atoms with van der Waals surface area (Å²) in [6, 6.07) is 17.9. The number of carbonyl (C=O) groups excluding carboxylic acids is 1. The van der Waals surface area contributed by atoms with Crippen molar-refractivity contribution in [1.29, 1.82) is 0 Å². The van der Waals surface area contributed by atoms with Gasteiger partial charge in [-0.2, -0.15) is 0 Å². The van der Waals surface area contributed by atoms with Gasteiger partial charge in [0.25, 0.3) is 0 Å². The lowest BCUT2D eigenvalue weighted by Crippen LogP contribution is -2.34. The number of benzene rings is 2. The summed E-state index contributed by atoms with van der Waals surface area (Å²) in [4.78, 5) is 13.5. The Morgan fingerprint density at radius 2 is 1.78 bits per heavy atom. The second-order valence-electron chi connectivity index (χ2n) is 5.53. The highest BCUT2D eigenvalue weighted by atomic mass is 35.5. The Morgan fingerprint density at radius 3 is 2.39 bits per heavy atom. The van der Waals surface area contributed by atoms with Crippen molar-refractivity contribution < 1.29 is 4.79 Å². The Morgan fingerprint density at radius 1 is 1.13 bits per heavy atom. The molecule has 23 heavy (non-hydrogen) atoms. The average molecular weight is 348 g/mol. The zero-order valence-corrected chi connectivity index (χ0v) is 15.0. The standard InChI is InChI=1S/C19H22ClNOS/c1-3-18(23-17-11-9-16(20)10-12-17)19(22)21-13-14(2)15-7-5-4-6-8-15/h4-12,14,18H,3,13H2,1-2H3,(H,21,22)/t14-,18+/m0/s1. The summed E-state index contributed by atoms with van der Waals surface area (Å²) in [5.74, 6) is 0.397. The Balaban J connectivity index is 1.88. The Labute approximate surface area is 147 Å². The molecule has 0 radical (unpaired) electrons. The molecule has 0 aromatic heterocycles. The Kier molecular flexibility index (Phi) is 7.00. The van der Waals surface area contributed by atoms with Gasteiger partial charge in [-0.1, -0.05) is 55.8 Å². The predicted molar refractivity (Wildman–Crippen MR) is 99.3 cm³/mol. The molecule has 0 bridgehead atoms. The van der Waals surface area contributed by atoms with Crippen LogP contribution in [0.25, 0.3) is 0 Å². The third-order valence-electron chi connectivity index (χ3n) is 3.71. The minimum atomic E-state index is -0.0841. The fraction of sp³-hybridized carbons (Fsp3) is 0.316. The van der Waals surface area contributed by atoms with E-state index in [1.165, 1.54) is 5.56 Å². The highest BCUT2D eigenvalue weighted by Gasteiger charge is 2.18. The van der Waals surface area contributed by atoms with E-state index in [0.29, 0.717) is 17.5 Å². The van der Waals surface area contributed by atoms with E-state index in [9.17, 15) is 4.79 Å². The lowest BCUT2D eigenvalue weighted by molar-refractivity contribution is -0.120. The van der Waals surface area contributed by atoms with Gasteiger partial charge in [-0.15, -0.1) is 11.8 Å². The van der Waals surface area contributed by atoms with Crippen LogP contribution in [0.15, 0.2) is 59.5 Å². The fourth-order valence-electron chi connectivity index (χ4n) is 2.27. The monoisotopic (exact) mass is 347 g/mol. The largest absolute Gasteiger partial charge is 0.355 e. The van der Waals surface area contributed by atoms with E-state index in [2.05, 4.69) is 24.4 Å². The van der Waals surface area contributed by atoms with Crippen molar-refractivity contribution in [2.45, 2.75) is 36.3 Å². The molecule has 2 aromatic rings. The van der Waals surface area contributed by atoms with Gasteiger partial charge in [0.05, 0.1) is 5.25 Å². The van der Waals surface area contributed by atoms with E-state index in [-0.39, 0.29) is 11.2 Å². The lowest BCUT2D eigenvalue weighted by Gasteiger charge is -2.17. The van der Waals surface area contributed by atoms with Gasteiger partial charge >= 0.3 is 0 Å². The first-order valence-corrected chi connectivity index (χ1v) is 9.10. The van der Waals surface area contributed by atoms with E-state index in [4.69, 9.17) is 11.6 Å². The van der Waals surface area contributed by atoms with Gasteiger partial charge in [0.2, 0.25) is 5.91 Å². The summed E-state index contributed by atoms with van der Waals surface area (Å²) < 4.78 is 0. The van der Waals surface area contributed by atoms with Crippen molar-refractivity contribution in [3.63, 3.8) is 0 Å². The molecule has 0 aliphatic rings. The van der Waals surface area contributed by atoms with Crippen LogP contribution in [0.2, 0.25) is 5.02 Å². The van der Waals surface area contributed by atoms with Crippen LogP contribution in [0.4, 0.5) is 0 Å². The van der Waals surface area contributed by atoms with Crippen molar-refractivity contribution in [2.24, 2.45) is 0 Å². The van der Waals surface area contributed by atoms with E-state index >= 15 is 0 Å². The van der Waals surface area contributed by atoms with Gasteiger partial charge in [0, 0.05) is 16.5 Å². The van der Waals surface area contributed by atoms with Crippen LogP contribution >= 0.6 is 23.4 Å². The van der Waals surface area contributed by atoms with Crippen LogP contribution in [0.1, 0.15) is 31.7 Å². The summed E-state index contributed by atoms with van der Waals surface area (Å²) in [6.45, 7) is 4.82. The molecule has 0 unspecified atom stereocenters. The molecule has 122 valence electrons. The molecule has 0 heterocycles. The van der Waals surface area contributed by atoms with Crippen LogP contribution in [-0.4, -0.2) is 17.7 Å². The number of amides is 1. The first-order valence-electron chi connectivity index (χ1n) is 7.85. The van der Waals surface area contributed by atoms with E-state index in [1.807, 2.05) is 49.4 Å². The fourth-order valence-corrected chi connectivity index (χ4v) is 3.37. The molecule has 1 N–H and O–H groups in total. The van der Waals surface area contributed by atoms with Crippen molar-refractivity contribution >= 4 is 29.3 Å². The molecular weight excluding hydrogens is 326 g/mol. The van der Waals surface area contributed by atoms with Crippen molar-refractivity contribution in [2.75, 3.05) is 6.54 Å². The summed E-state index contributed by atoms with van der Waals surface area (Å²) in [5.41, 5.74) is 1.24. The SMILES string of the molecule is CC[C@@H](Sc1ccc(Cl)cc1)C(=O)NC[C@H](C)c1ccccc1. The van der Waals surface area contributed by atoms with Crippen LogP contribution in [0.3, 0.4) is 0 Å². The van der Waals surface area contributed by atoms with Crippen LogP contribution < -0.4 is 5.32 Å². The number of nitrogens with one attached hydrogen (secondary N) is 1. The molecule has 1 amide bonds. The smallest absolute Gasteiger partial charge is 0.233 e. The maximum Gasteiger partial charge on any atom is 0.233 e. The molecule has 0 saturated heterocycles. The third-order valence-corrected chi connectivity index (χ3v) is 5.33. The zero-order chi connectivity index (χ0) is 16.7. The lowest BCUT2D eigenvalue weighted by atomic mass is 10.0. The van der Waals surface area contributed by atoms with Gasteiger partial charge < -0.3 is 5.32 Å². The van der Waals surface area contributed by atoms with E-state index in [0.717, 1.165) is 11.3 Å². The van der Waals surface area contributed by atoms with E-state index in [1.54, 1.807) is 11.8 Å².